The Morgan fingerprint density at radius 1 is 1.00 bits per heavy atom. The van der Waals surface area contributed by atoms with E-state index < -0.39 is 41.1 Å². The molecule has 16 heteroatoms. The predicted octanol–water partition coefficient (Wildman–Crippen LogP) is 6.80. The molecule has 3 fully saturated rings. The summed E-state index contributed by atoms with van der Waals surface area (Å²) in [7, 11) is 1.73. The van der Waals surface area contributed by atoms with Gasteiger partial charge in [-0.1, -0.05) is 32.4 Å². The molecule has 3 saturated heterocycles. The van der Waals surface area contributed by atoms with Crippen LogP contribution in [0.2, 0.25) is 0 Å². The molecule has 1 aromatic carbocycles. The molecule has 366 valence electrons. The van der Waals surface area contributed by atoms with Crippen molar-refractivity contribution < 1.29 is 38.5 Å². The second-order valence-electron chi connectivity index (χ2n) is 20.7. The maximum atomic E-state index is 14.1. The molecular weight excluding hydrogens is 853 g/mol. The molecule has 6 heterocycles. The van der Waals surface area contributed by atoms with Crippen molar-refractivity contribution in [2.24, 2.45) is 5.41 Å². The normalized spacial score (nSPS) is 20.8. The number of aromatic nitrogens is 2. The minimum absolute atomic E-state index is 0.194. The molecule has 67 heavy (non-hydrogen) atoms. The number of piperazine rings is 1. The zero-order valence-corrected chi connectivity index (χ0v) is 41.3. The van der Waals surface area contributed by atoms with Gasteiger partial charge in [0.15, 0.2) is 0 Å². The van der Waals surface area contributed by atoms with Crippen molar-refractivity contribution in [3.8, 4) is 11.3 Å². The first kappa shape index (κ1) is 49.9. The first-order valence-electron chi connectivity index (χ1n) is 24.4. The van der Waals surface area contributed by atoms with E-state index in [0.29, 0.717) is 51.5 Å². The van der Waals surface area contributed by atoms with Crippen LogP contribution in [0, 0.1) is 5.41 Å². The molecule has 2 unspecified atom stereocenters. The minimum atomic E-state index is -1.03. The van der Waals surface area contributed by atoms with Gasteiger partial charge in [0.1, 0.15) is 17.7 Å². The van der Waals surface area contributed by atoms with Gasteiger partial charge in [0.25, 0.3) is 5.91 Å². The van der Waals surface area contributed by atoms with Crippen LogP contribution >= 0.6 is 0 Å². The van der Waals surface area contributed by atoms with Crippen LogP contribution < -0.4 is 15.6 Å². The van der Waals surface area contributed by atoms with E-state index in [1.807, 2.05) is 13.1 Å². The van der Waals surface area contributed by atoms with Crippen molar-refractivity contribution in [1.82, 2.24) is 35.1 Å². The molecule has 0 radical (unpaired) electrons. The Kier molecular flexibility index (Phi) is 15.7. The fourth-order valence-corrected chi connectivity index (χ4v) is 10.3. The number of methoxy groups -OCH3 is 1. The number of anilines is 1. The summed E-state index contributed by atoms with van der Waals surface area (Å²) in [5.41, 5.74) is 10.1. The van der Waals surface area contributed by atoms with Crippen LogP contribution in [-0.4, -0.2) is 143 Å². The maximum Gasteiger partial charge on any atom is 0.408 e. The van der Waals surface area contributed by atoms with Crippen molar-refractivity contribution in [2.75, 3.05) is 71.0 Å². The topological polar surface area (TPSA) is 171 Å². The first-order valence-corrected chi connectivity index (χ1v) is 24.4. The highest BCUT2D eigenvalue weighted by atomic mass is 16.6. The van der Waals surface area contributed by atoms with Gasteiger partial charge in [-0.3, -0.25) is 34.2 Å². The van der Waals surface area contributed by atoms with Crippen LogP contribution in [0.4, 0.5) is 10.5 Å². The molecular formula is C51H74N8O8. The third-order valence-electron chi connectivity index (χ3n) is 13.7. The summed E-state index contributed by atoms with van der Waals surface area (Å²) in [6, 6.07) is 7.63. The van der Waals surface area contributed by atoms with Crippen LogP contribution in [0.3, 0.4) is 0 Å². The van der Waals surface area contributed by atoms with Gasteiger partial charge in [-0.05, 0) is 115 Å². The first-order chi connectivity index (χ1) is 31.8. The second-order valence-corrected chi connectivity index (χ2v) is 20.7. The van der Waals surface area contributed by atoms with E-state index in [9.17, 15) is 24.3 Å². The Bertz CT molecular complexity index is 2320. The number of hydrogen-bond acceptors (Lipinski definition) is 12. The molecule has 4 atom stereocenters. The van der Waals surface area contributed by atoms with Crippen LogP contribution in [0.25, 0.3) is 27.7 Å². The number of rotatable bonds is 15. The summed E-state index contributed by atoms with van der Waals surface area (Å²) < 4.78 is 19.7. The highest BCUT2D eigenvalue weighted by molar-refractivity contribution is 5.95. The predicted molar refractivity (Wildman–Crippen MR) is 260 cm³/mol. The lowest BCUT2D eigenvalue weighted by Crippen LogP contribution is -2.62. The molecule has 0 aliphatic carbocycles. The van der Waals surface area contributed by atoms with Gasteiger partial charge in [0.05, 0.1) is 36.0 Å². The highest BCUT2D eigenvalue weighted by Gasteiger charge is 2.36. The number of pyridine rings is 1. The number of aliphatic carboxylic acids is 1. The Hall–Kier alpha value is -5.03. The van der Waals surface area contributed by atoms with Gasteiger partial charge in [-0.15, -0.1) is 0 Å². The molecule has 2 amide bonds. The summed E-state index contributed by atoms with van der Waals surface area (Å²) in [6.45, 7) is 22.0. The monoisotopic (exact) mass is 927 g/mol. The number of hydrazine groups is 1. The van der Waals surface area contributed by atoms with Crippen molar-refractivity contribution in [3.63, 3.8) is 0 Å². The number of amides is 2. The molecule has 4 aliphatic heterocycles. The smallest absolute Gasteiger partial charge is 0.408 e. The fourth-order valence-electron chi connectivity index (χ4n) is 10.3. The Morgan fingerprint density at radius 2 is 1.79 bits per heavy atom. The zero-order chi connectivity index (χ0) is 48.2. The number of hydrogen-bond donors (Lipinski definition) is 3. The van der Waals surface area contributed by atoms with E-state index >= 15 is 0 Å². The van der Waals surface area contributed by atoms with Crippen LogP contribution in [0.1, 0.15) is 117 Å². The molecule has 16 nitrogen and oxygen atoms in total. The number of carbonyl (C=O) groups excluding carboxylic acids is 3. The van der Waals surface area contributed by atoms with E-state index in [2.05, 4.69) is 81.1 Å². The number of carbonyl (C=O) groups is 4. The third-order valence-corrected chi connectivity index (χ3v) is 13.7. The van der Waals surface area contributed by atoms with E-state index in [4.69, 9.17) is 19.2 Å². The minimum Gasteiger partial charge on any atom is -0.480 e. The fraction of sp³-hybridized carbons (Fsp3) is 0.627. The summed E-state index contributed by atoms with van der Waals surface area (Å²) >= 11 is 0. The average molecular weight is 927 g/mol. The summed E-state index contributed by atoms with van der Waals surface area (Å²) in [4.78, 5) is 63.8. The van der Waals surface area contributed by atoms with Gasteiger partial charge in [-0.25, -0.2) is 10.2 Å². The van der Waals surface area contributed by atoms with Crippen molar-refractivity contribution in [1.29, 1.82) is 0 Å². The van der Waals surface area contributed by atoms with Crippen LogP contribution in [-0.2, 0) is 41.6 Å². The number of piperidine rings is 1. The molecule has 0 bridgehead atoms. The summed E-state index contributed by atoms with van der Waals surface area (Å²) in [5, 5.41) is 15.0. The van der Waals surface area contributed by atoms with Gasteiger partial charge in [-0.2, -0.15) is 0 Å². The van der Waals surface area contributed by atoms with Crippen molar-refractivity contribution in [2.45, 2.75) is 137 Å². The summed E-state index contributed by atoms with van der Waals surface area (Å²) in [5.74, 6) is -1.76. The Morgan fingerprint density at radius 3 is 2.51 bits per heavy atom. The highest BCUT2D eigenvalue weighted by Crippen LogP contribution is 2.43. The number of alkyl carbamates (subject to hydrolysis) is 1. The number of ether oxygens (including phenoxy) is 3. The largest absolute Gasteiger partial charge is 0.480 e. The molecule has 7 rings (SSSR count). The molecule has 2 aromatic heterocycles. The number of nitrogens with one attached hydrogen (secondary N) is 2. The van der Waals surface area contributed by atoms with Gasteiger partial charge < -0.3 is 34.1 Å². The number of carboxylic acid groups (broad SMARTS) is 1. The van der Waals surface area contributed by atoms with Gasteiger partial charge in [0, 0.05) is 94.3 Å². The lowest BCUT2D eigenvalue weighted by atomic mass is 9.84. The second kappa shape index (κ2) is 21.1. The average Bonchev–Trinajstić information content (AvgIpc) is 3.60. The van der Waals surface area contributed by atoms with Crippen LogP contribution in [0.15, 0.2) is 36.5 Å². The van der Waals surface area contributed by atoms with Gasteiger partial charge in [0.2, 0.25) is 0 Å². The van der Waals surface area contributed by atoms with Crippen molar-refractivity contribution in [3.05, 3.63) is 53.4 Å². The summed E-state index contributed by atoms with van der Waals surface area (Å²) in [6.07, 6.45) is 9.28. The number of fused-ring (bicyclic) bond motifs is 2. The van der Waals surface area contributed by atoms with Crippen molar-refractivity contribution >= 4 is 46.1 Å². The van der Waals surface area contributed by atoms with E-state index in [1.165, 1.54) is 37.7 Å². The molecule has 4 aliphatic rings. The number of benzene rings is 1. The van der Waals surface area contributed by atoms with E-state index in [0.717, 1.165) is 76.3 Å². The number of aryl methyl sites for hydroxylation is 1. The SMILES string of the molecule is CCn1c(-c2cc(N3CCN4CCCC[C@@H]4C3)cnc2C(C)OC)c(CC(C)(C)COC(C)=O)c2cc(C3=CCCN(CC(NC(=O)OC(C)(C)C)C(=O)N4CCC[C@@H](C(=O)O)N4)C3)ccc21. The number of esters is 1. The lowest BCUT2D eigenvalue weighted by Gasteiger charge is -2.45. The van der Waals surface area contributed by atoms with E-state index in [1.54, 1.807) is 27.9 Å². The zero-order valence-electron chi connectivity index (χ0n) is 41.3. The number of nitrogens with zero attached hydrogens (tertiary/aromatic N) is 6. The molecule has 0 saturated carbocycles. The maximum absolute atomic E-state index is 14.1. The van der Waals surface area contributed by atoms with Crippen LogP contribution in [0.5, 0.6) is 0 Å². The Labute approximate surface area is 396 Å². The molecule has 0 spiro atoms. The molecule has 3 N–H and O–H groups in total. The lowest BCUT2D eigenvalue weighted by molar-refractivity contribution is -0.148. The Balaban J connectivity index is 1.26. The third kappa shape index (κ3) is 12.0. The standard InChI is InChI=1S/C51H74N8O8/c1-10-58-44-19-18-35(36-15-13-20-55(29-36)31-43(53-49(64)67-50(4,5)6)47(61)59-22-14-17-42(54-59)48(62)63)25-39(44)41(27-51(7,8)32-66-34(3)60)46(58)40-26-38(28-52-45(40)33(2)65-9)57-24-23-56-21-12-11-16-37(56)30-57/h15,18-19,25-26,28,33,37,42-43,54H,10-14,16-17,20-24,27,29-32H2,1-9H3,(H,53,64)(H,62,63)/t33?,37-,42+,43?/m1/s1. The number of carboxylic acids is 1. The van der Waals surface area contributed by atoms with Gasteiger partial charge >= 0.3 is 18.0 Å². The quantitative estimate of drug-likeness (QED) is 0.136. The molecule has 3 aromatic rings. The van der Waals surface area contributed by atoms with E-state index in [-0.39, 0.29) is 25.2 Å².